The van der Waals surface area contributed by atoms with E-state index in [2.05, 4.69) is 0 Å². The zero-order valence-corrected chi connectivity index (χ0v) is 11.5. The maximum Gasteiger partial charge on any atom is 0.231 e. The van der Waals surface area contributed by atoms with Crippen molar-refractivity contribution in [3.05, 3.63) is 35.1 Å². The number of benzene rings is 1. The third kappa shape index (κ3) is 5.36. The van der Waals surface area contributed by atoms with Gasteiger partial charge in [0.25, 0.3) is 0 Å². The molecule has 0 aliphatic heterocycles. The maximum absolute atomic E-state index is 13.9. The van der Waals surface area contributed by atoms with Crippen LogP contribution in [0.5, 0.6) is 0 Å². The van der Waals surface area contributed by atoms with Gasteiger partial charge < -0.3 is 11.5 Å². The van der Waals surface area contributed by atoms with Gasteiger partial charge in [0.15, 0.2) is 0 Å². The van der Waals surface area contributed by atoms with Gasteiger partial charge in [-0.25, -0.2) is 4.39 Å². The molecule has 1 amide bonds. The van der Waals surface area contributed by atoms with Gasteiger partial charge >= 0.3 is 0 Å². The van der Waals surface area contributed by atoms with Crippen molar-refractivity contribution in [1.29, 1.82) is 0 Å². The smallest absolute Gasteiger partial charge is 0.231 e. The molecule has 0 radical (unpaired) electrons. The van der Waals surface area contributed by atoms with Crippen molar-refractivity contribution in [1.82, 2.24) is 4.90 Å². The fraction of sp³-hybridized carbons (Fsp3) is 0.500. The second kappa shape index (κ2) is 7.21. The van der Waals surface area contributed by atoms with Crippen molar-refractivity contribution in [3.8, 4) is 0 Å². The van der Waals surface area contributed by atoms with Gasteiger partial charge in [-0.15, -0.1) is 0 Å². The van der Waals surface area contributed by atoms with Crippen molar-refractivity contribution in [3.63, 3.8) is 0 Å². The number of amides is 1. The predicted molar refractivity (Wildman–Crippen MR) is 73.6 cm³/mol. The molecule has 0 saturated heterocycles. The van der Waals surface area contributed by atoms with Gasteiger partial charge in [-0.2, -0.15) is 0 Å². The SMILES string of the molecule is CC(C)CN(CC(N)=O)Cc1ccc(CN)cc1F. The Bertz CT molecular complexity index is 435. The molecule has 0 aliphatic carbocycles. The number of rotatable bonds is 7. The van der Waals surface area contributed by atoms with Crippen molar-refractivity contribution in [2.75, 3.05) is 13.1 Å². The highest BCUT2D eigenvalue weighted by molar-refractivity contribution is 5.75. The number of carbonyl (C=O) groups excluding carboxylic acids is 1. The first-order chi connectivity index (χ1) is 8.92. The lowest BCUT2D eigenvalue weighted by molar-refractivity contribution is -0.119. The Balaban J connectivity index is 2.80. The van der Waals surface area contributed by atoms with Gasteiger partial charge in [-0.1, -0.05) is 26.0 Å². The highest BCUT2D eigenvalue weighted by Gasteiger charge is 2.13. The van der Waals surface area contributed by atoms with E-state index in [-0.39, 0.29) is 12.4 Å². The summed E-state index contributed by atoms with van der Waals surface area (Å²) in [6.07, 6.45) is 0. The summed E-state index contributed by atoms with van der Waals surface area (Å²) >= 11 is 0. The zero-order valence-electron chi connectivity index (χ0n) is 11.5. The summed E-state index contributed by atoms with van der Waals surface area (Å²) in [5.74, 6) is -0.313. The van der Waals surface area contributed by atoms with Crippen molar-refractivity contribution >= 4 is 5.91 Å². The molecule has 0 spiro atoms. The Morgan fingerprint density at radius 2 is 2.11 bits per heavy atom. The van der Waals surface area contributed by atoms with Gasteiger partial charge in [0, 0.05) is 25.2 Å². The van der Waals surface area contributed by atoms with Crippen LogP contribution in [0.25, 0.3) is 0 Å². The standard InChI is InChI=1S/C14H22FN3O/c1-10(2)7-18(9-14(17)19)8-12-4-3-11(6-16)5-13(12)15/h3-5,10H,6-9,16H2,1-2H3,(H2,17,19). The lowest BCUT2D eigenvalue weighted by Crippen LogP contribution is -2.36. The fourth-order valence-corrected chi connectivity index (χ4v) is 2.01. The highest BCUT2D eigenvalue weighted by atomic mass is 19.1. The molecule has 4 nitrogen and oxygen atoms in total. The van der Waals surface area contributed by atoms with Crippen LogP contribution in [0.1, 0.15) is 25.0 Å². The summed E-state index contributed by atoms with van der Waals surface area (Å²) in [5, 5.41) is 0. The molecule has 4 N–H and O–H groups in total. The number of halogens is 1. The zero-order chi connectivity index (χ0) is 14.4. The van der Waals surface area contributed by atoms with E-state index in [1.54, 1.807) is 12.1 Å². The molecule has 0 aliphatic rings. The van der Waals surface area contributed by atoms with Crippen LogP contribution in [0.3, 0.4) is 0 Å². The van der Waals surface area contributed by atoms with Crippen LogP contribution in [-0.4, -0.2) is 23.9 Å². The van der Waals surface area contributed by atoms with Crippen LogP contribution in [0, 0.1) is 11.7 Å². The van der Waals surface area contributed by atoms with E-state index in [0.29, 0.717) is 31.1 Å². The molecular formula is C14H22FN3O. The number of nitrogens with two attached hydrogens (primary N) is 2. The topological polar surface area (TPSA) is 72.3 Å². The molecule has 106 valence electrons. The molecule has 0 heterocycles. The predicted octanol–water partition coefficient (Wildman–Crippen LogP) is 1.23. The molecule has 1 aromatic carbocycles. The van der Waals surface area contributed by atoms with Crippen LogP contribution >= 0.6 is 0 Å². The van der Waals surface area contributed by atoms with Gasteiger partial charge in [-0.3, -0.25) is 9.69 Å². The lowest BCUT2D eigenvalue weighted by atomic mass is 10.1. The van der Waals surface area contributed by atoms with E-state index >= 15 is 0 Å². The minimum atomic E-state index is -0.403. The van der Waals surface area contributed by atoms with E-state index in [0.717, 1.165) is 5.56 Å². The summed E-state index contributed by atoms with van der Waals surface area (Å²) in [5.41, 5.74) is 12.0. The molecule has 1 rings (SSSR count). The van der Waals surface area contributed by atoms with E-state index in [1.165, 1.54) is 6.07 Å². The number of carbonyl (C=O) groups is 1. The van der Waals surface area contributed by atoms with E-state index in [9.17, 15) is 9.18 Å². The Hall–Kier alpha value is -1.46. The van der Waals surface area contributed by atoms with Crippen LogP contribution in [0.15, 0.2) is 18.2 Å². The van der Waals surface area contributed by atoms with Crippen LogP contribution in [-0.2, 0) is 17.9 Å². The molecule has 0 saturated carbocycles. The average molecular weight is 267 g/mol. The Kier molecular flexibility index (Phi) is 5.92. The molecule has 0 atom stereocenters. The first-order valence-electron chi connectivity index (χ1n) is 6.40. The van der Waals surface area contributed by atoms with Crippen LogP contribution in [0.2, 0.25) is 0 Å². The third-order valence-corrected chi connectivity index (χ3v) is 2.75. The molecule has 0 unspecified atom stereocenters. The summed E-state index contributed by atoms with van der Waals surface area (Å²) < 4.78 is 13.9. The van der Waals surface area contributed by atoms with Gasteiger partial charge in [0.1, 0.15) is 5.82 Å². The van der Waals surface area contributed by atoms with Gasteiger partial charge in [0.2, 0.25) is 5.91 Å². The molecule has 1 aromatic rings. The second-order valence-electron chi connectivity index (χ2n) is 5.16. The van der Waals surface area contributed by atoms with Crippen LogP contribution in [0.4, 0.5) is 4.39 Å². The summed E-state index contributed by atoms with van der Waals surface area (Å²) in [4.78, 5) is 12.9. The Morgan fingerprint density at radius 3 is 2.58 bits per heavy atom. The van der Waals surface area contributed by atoms with E-state index in [1.807, 2.05) is 18.7 Å². The first-order valence-corrected chi connectivity index (χ1v) is 6.40. The molecule has 19 heavy (non-hydrogen) atoms. The third-order valence-electron chi connectivity index (χ3n) is 2.75. The first kappa shape index (κ1) is 15.6. The highest BCUT2D eigenvalue weighted by Crippen LogP contribution is 2.13. The molecule has 5 heteroatoms. The quantitative estimate of drug-likeness (QED) is 0.780. The number of primary amides is 1. The maximum atomic E-state index is 13.9. The monoisotopic (exact) mass is 267 g/mol. The summed E-state index contributed by atoms with van der Waals surface area (Å²) in [6.45, 7) is 5.60. The number of nitrogens with zero attached hydrogens (tertiary/aromatic N) is 1. The minimum Gasteiger partial charge on any atom is -0.369 e. The van der Waals surface area contributed by atoms with E-state index < -0.39 is 5.91 Å². The molecule has 0 aromatic heterocycles. The Morgan fingerprint density at radius 1 is 1.42 bits per heavy atom. The molecule has 0 fully saturated rings. The Labute approximate surface area is 113 Å². The number of hydrogen-bond donors (Lipinski definition) is 2. The minimum absolute atomic E-state index is 0.135. The fourth-order valence-electron chi connectivity index (χ4n) is 2.01. The molecular weight excluding hydrogens is 245 g/mol. The van der Waals surface area contributed by atoms with Gasteiger partial charge in [-0.05, 0) is 17.5 Å². The largest absolute Gasteiger partial charge is 0.369 e. The molecule has 0 bridgehead atoms. The summed E-state index contributed by atoms with van der Waals surface area (Å²) in [7, 11) is 0. The van der Waals surface area contributed by atoms with Crippen molar-refractivity contribution in [2.24, 2.45) is 17.4 Å². The van der Waals surface area contributed by atoms with Gasteiger partial charge in [0.05, 0.1) is 6.54 Å². The number of hydrogen-bond acceptors (Lipinski definition) is 3. The van der Waals surface area contributed by atoms with Crippen LogP contribution < -0.4 is 11.5 Å². The second-order valence-corrected chi connectivity index (χ2v) is 5.16. The van der Waals surface area contributed by atoms with E-state index in [4.69, 9.17) is 11.5 Å². The van der Waals surface area contributed by atoms with Crippen molar-refractivity contribution in [2.45, 2.75) is 26.9 Å². The summed E-state index contributed by atoms with van der Waals surface area (Å²) in [6, 6.07) is 4.95. The normalized spacial score (nSPS) is 11.3. The average Bonchev–Trinajstić information content (AvgIpc) is 2.30. The lowest BCUT2D eigenvalue weighted by Gasteiger charge is -2.23. The van der Waals surface area contributed by atoms with Crippen molar-refractivity contribution < 1.29 is 9.18 Å².